The Morgan fingerprint density at radius 2 is 2.20 bits per heavy atom. The lowest BCUT2D eigenvalue weighted by molar-refractivity contribution is 0.567. The minimum absolute atomic E-state index is 0. The van der Waals surface area contributed by atoms with Crippen LogP contribution < -0.4 is 10.6 Å². The molecule has 0 bridgehead atoms. The molecule has 0 unspecified atom stereocenters. The van der Waals surface area contributed by atoms with E-state index in [0.29, 0.717) is 6.04 Å². The second-order valence-electron chi connectivity index (χ2n) is 5.18. The lowest BCUT2D eigenvalue weighted by Crippen LogP contribution is -2.38. The number of hydrogen-bond donors (Lipinski definition) is 2. The van der Waals surface area contributed by atoms with Gasteiger partial charge in [0.2, 0.25) is 0 Å². The first-order valence-electron chi connectivity index (χ1n) is 7.25. The van der Waals surface area contributed by atoms with Crippen molar-refractivity contribution in [3.05, 3.63) is 17.5 Å². The van der Waals surface area contributed by atoms with E-state index in [1.54, 1.807) is 0 Å². The summed E-state index contributed by atoms with van der Waals surface area (Å²) in [4.78, 5) is 4.60. The molecule has 0 spiro atoms. The highest BCUT2D eigenvalue weighted by atomic mass is 127. The Balaban J connectivity index is 0.00000200. The summed E-state index contributed by atoms with van der Waals surface area (Å²) in [5.74, 6) is 0.957. The van der Waals surface area contributed by atoms with Crippen LogP contribution in [0.5, 0.6) is 0 Å². The predicted octanol–water partition coefficient (Wildman–Crippen LogP) is 2.23. The third kappa shape index (κ3) is 5.68. The van der Waals surface area contributed by atoms with Crippen molar-refractivity contribution < 1.29 is 0 Å². The van der Waals surface area contributed by atoms with E-state index < -0.39 is 0 Å². The molecule has 20 heavy (non-hydrogen) atoms. The maximum atomic E-state index is 4.60. The van der Waals surface area contributed by atoms with E-state index >= 15 is 0 Å². The van der Waals surface area contributed by atoms with Crippen molar-refractivity contribution in [3.8, 4) is 0 Å². The van der Waals surface area contributed by atoms with Gasteiger partial charge in [0, 0.05) is 31.4 Å². The molecule has 1 saturated carbocycles. The number of nitrogens with zero attached hydrogens (tertiary/aromatic N) is 3. The fourth-order valence-electron chi connectivity index (χ4n) is 2.05. The summed E-state index contributed by atoms with van der Waals surface area (Å²) in [5.41, 5.74) is 2.31. The molecule has 0 aromatic carbocycles. The molecule has 114 valence electrons. The van der Waals surface area contributed by atoms with Gasteiger partial charge in [-0.25, -0.2) is 0 Å². The van der Waals surface area contributed by atoms with Crippen molar-refractivity contribution in [2.75, 3.05) is 13.1 Å². The Bertz CT molecular complexity index is 437. The van der Waals surface area contributed by atoms with Crippen LogP contribution in [0.1, 0.15) is 37.6 Å². The maximum absolute atomic E-state index is 4.60. The van der Waals surface area contributed by atoms with E-state index in [-0.39, 0.29) is 24.0 Å². The molecular formula is C14H26IN5. The van der Waals surface area contributed by atoms with Crippen LogP contribution >= 0.6 is 24.0 Å². The number of guanidine groups is 1. The Labute approximate surface area is 138 Å². The number of aromatic nitrogens is 2. The van der Waals surface area contributed by atoms with Crippen molar-refractivity contribution in [1.82, 2.24) is 20.4 Å². The van der Waals surface area contributed by atoms with Gasteiger partial charge in [0.15, 0.2) is 5.96 Å². The van der Waals surface area contributed by atoms with Gasteiger partial charge in [0.05, 0.1) is 5.69 Å². The molecule has 0 aliphatic heterocycles. The molecule has 0 atom stereocenters. The Kier molecular flexibility index (Phi) is 7.32. The average Bonchev–Trinajstić information content (AvgIpc) is 3.11. The van der Waals surface area contributed by atoms with Crippen molar-refractivity contribution >= 4 is 29.9 Å². The van der Waals surface area contributed by atoms with E-state index in [4.69, 9.17) is 0 Å². The summed E-state index contributed by atoms with van der Waals surface area (Å²) in [5, 5.41) is 11.2. The second-order valence-corrected chi connectivity index (χ2v) is 5.18. The summed E-state index contributed by atoms with van der Waals surface area (Å²) < 4.78 is 2.06. The number of rotatable bonds is 6. The molecule has 0 radical (unpaired) electrons. The van der Waals surface area contributed by atoms with Gasteiger partial charge in [-0.3, -0.25) is 9.67 Å². The third-order valence-electron chi connectivity index (χ3n) is 3.16. The zero-order valence-electron chi connectivity index (χ0n) is 12.6. The average molecular weight is 391 g/mol. The normalized spacial score (nSPS) is 14.8. The molecule has 0 amide bonds. The van der Waals surface area contributed by atoms with Crippen molar-refractivity contribution in [2.45, 2.75) is 52.6 Å². The lowest BCUT2D eigenvalue weighted by atomic mass is 10.4. The van der Waals surface area contributed by atoms with Gasteiger partial charge >= 0.3 is 0 Å². The van der Waals surface area contributed by atoms with Crippen molar-refractivity contribution in [3.63, 3.8) is 0 Å². The predicted molar refractivity (Wildman–Crippen MR) is 93.9 cm³/mol. The highest BCUT2D eigenvalue weighted by Crippen LogP contribution is 2.18. The number of aliphatic imine (C=N–C) groups is 1. The summed E-state index contributed by atoms with van der Waals surface area (Å²) in [6, 6.07) is 2.76. The van der Waals surface area contributed by atoms with E-state index in [9.17, 15) is 0 Å². The molecule has 1 aliphatic rings. The molecule has 5 nitrogen and oxygen atoms in total. The Morgan fingerprint density at radius 1 is 1.45 bits per heavy atom. The fraction of sp³-hybridized carbons (Fsp3) is 0.714. The molecule has 6 heteroatoms. The summed E-state index contributed by atoms with van der Waals surface area (Å²) in [7, 11) is 0. The van der Waals surface area contributed by atoms with Gasteiger partial charge in [0.25, 0.3) is 0 Å². The zero-order chi connectivity index (χ0) is 13.7. The van der Waals surface area contributed by atoms with Gasteiger partial charge < -0.3 is 10.6 Å². The second kappa shape index (κ2) is 8.49. The molecule has 1 heterocycles. The van der Waals surface area contributed by atoms with Gasteiger partial charge in [0.1, 0.15) is 0 Å². The number of aryl methyl sites for hydroxylation is 3. The first-order chi connectivity index (χ1) is 9.19. The van der Waals surface area contributed by atoms with Gasteiger partial charge in [-0.1, -0.05) is 0 Å². The first kappa shape index (κ1) is 17.3. The van der Waals surface area contributed by atoms with E-state index in [0.717, 1.165) is 37.7 Å². The maximum Gasteiger partial charge on any atom is 0.191 e. The lowest BCUT2D eigenvalue weighted by Gasteiger charge is -2.10. The summed E-state index contributed by atoms with van der Waals surface area (Å²) in [6.45, 7) is 8.91. The molecule has 2 rings (SSSR count). The minimum Gasteiger partial charge on any atom is -0.357 e. The highest BCUT2D eigenvalue weighted by molar-refractivity contribution is 14.0. The Hall–Kier alpha value is -0.790. The molecule has 1 aliphatic carbocycles. The molecule has 1 fully saturated rings. The summed E-state index contributed by atoms with van der Waals surface area (Å²) >= 11 is 0. The minimum atomic E-state index is 0. The van der Waals surface area contributed by atoms with Crippen LogP contribution in [0, 0.1) is 13.8 Å². The monoisotopic (exact) mass is 391 g/mol. The van der Waals surface area contributed by atoms with Crippen LogP contribution in [0.4, 0.5) is 0 Å². The topological polar surface area (TPSA) is 54.2 Å². The van der Waals surface area contributed by atoms with Gasteiger partial charge in [-0.15, -0.1) is 24.0 Å². The SMILES string of the molecule is CCNC(=NCCCn1nc(C)cc1C)NC1CC1.I. The van der Waals surface area contributed by atoms with Crippen LogP contribution in [0.2, 0.25) is 0 Å². The van der Waals surface area contributed by atoms with Crippen LogP contribution in [0.25, 0.3) is 0 Å². The highest BCUT2D eigenvalue weighted by Gasteiger charge is 2.21. The van der Waals surface area contributed by atoms with Crippen LogP contribution in [-0.2, 0) is 6.54 Å². The summed E-state index contributed by atoms with van der Waals surface area (Å²) in [6.07, 6.45) is 3.57. The number of halogens is 1. The number of nitrogens with one attached hydrogen (secondary N) is 2. The van der Waals surface area contributed by atoms with Crippen molar-refractivity contribution in [1.29, 1.82) is 0 Å². The smallest absolute Gasteiger partial charge is 0.191 e. The van der Waals surface area contributed by atoms with E-state index in [1.165, 1.54) is 18.5 Å². The van der Waals surface area contributed by atoms with Crippen molar-refractivity contribution in [2.24, 2.45) is 4.99 Å². The van der Waals surface area contributed by atoms with Crippen LogP contribution in [-0.4, -0.2) is 34.9 Å². The van der Waals surface area contributed by atoms with E-state index in [1.807, 2.05) is 6.92 Å². The number of hydrogen-bond acceptors (Lipinski definition) is 2. The molecule has 2 N–H and O–H groups in total. The van der Waals surface area contributed by atoms with Crippen LogP contribution in [0.3, 0.4) is 0 Å². The molecule has 1 aromatic heterocycles. The first-order valence-corrected chi connectivity index (χ1v) is 7.25. The third-order valence-corrected chi connectivity index (χ3v) is 3.16. The molecule has 0 saturated heterocycles. The largest absolute Gasteiger partial charge is 0.357 e. The van der Waals surface area contributed by atoms with Gasteiger partial charge in [-0.2, -0.15) is 5.10 Å². The molecule has 1 aromatic rings. The quantitative estimate of drug-likeness (QED) is 0.339. The zero-order valence-corrected chi connectivity index (χ0v) is 15.0. The van der Waals surface area contributed by atoms with E-state index in [2.05, 4.69) is 45.3 Å². The standard InChI is InChI=1S/C14H25N5.HI/c1-4-15-14(17-13-6-7-13)16-8-5-9-19-12(3)10-11(2)18-19;/h10,13H,4-9H2,1-3H3,(H2,15,16,17);1H. The van der Waals surface area contributed by atoms with Crippen LogP contribution in [0.15, 0.2) is 11.1 Å². The van der Waals surface area contributed by atoms with Gasteiger partial charge in [-0.05, 0) is 46.1 Å². The fourth-order valence-corrected chi connectivity index (χ4v) is 2.05. The Morgan fingerprint density at radius 3 is 2.75 bits per heavy atom. The molecular weight excluding hydrogens is 365 g/mol.